The summed E-state index contributed by atoms with van der Waals surface area (Å²) in [6.45, 7) is 3.82. The molecule has 3 aromatic heterocycles. The van der Waals surface area contributed by atoms with Gasteiger partial charge in [0.05, 0.1) is 53.1 Å². The molecule has 1 fully saturated rings. The number of fused-ring (bicyclic) bond motifs is 2. The number of aliphatic hydroxyl groups is 1. The van der Waals surface area contributed by atoms with Crippen molar-refractivity contribution in [1.29, 1.82) is 5.26 Å². The van der Waals surface area contributed by atoms with E-state index in [-0.39, 0.29) is 55.2 Å². The number of carbonyl (C=O) groups is 1. The van der Waals surface area contributed by atoms with Gasteiger partial charge in [-0.25, -0.2) is 19.3 Å². The van der Waals surface area contributed by atoms with E-state index in [1.165, 1.54) is 30.1 Å². The van der Waals surface area contributed by atoms with Crippen LogP contribution in [0.5, 0.6) is 5.75 Å². The number of halogens is 1. The average molecular weight is 620 g/mol. The zero-order valence-corrected chi connectivity index (χ0v) is 25.4. The molecule has 6 rings (SSSR count). The van der Waals surface area contributed by atoms with Crippen LogP contribution >= 0.6 is 0 Å². The summed E-state index contributed by atoms with van der Waals surface area (Å²) < 4.78 is 54.1. The van der Waals surface area contributed by atoms with E-state index in [2.05, 4.69) is 26.3 Å². The third-order valence-electron chi connectivity index (χ3n) is 7.87. The minimum absolute atomic E-state index is 0.0297. The Bertz CT molecular complexity index is 2080. The lowest BCUT2D eigenvalue weighted by Crippen LogP contribution is -2.42. The van der Waals surface area contributed by atoms with Gasteiger partial charge in [-0.05, 0) is 46.6 Å². The van der Waals surface area contributed by atoms with Gasteiger partial charge >= 0.3 is 6.09 Å². The van der Waals surface area contributed by atoms with Crippen molar-refractivity contribution in [3.63, 3.8) is 0 Å². The molecule has 4 aromatic rings. The number of pyridine rings is 1. The number of anilines is 2. The molecule has 1 aromatic carbocycles. The van der Waals surface area contributed by atoms with Crippen molar-refractivity contribution in [1.82, 2.24) is 25.0 Å². The van der Waals surface area contributed by atoms with E-state index in [0.29, 0.717) is 18.8 Å². The first-order valence-corrected chi connectivity index (χ1v) is 14.3. The summed E-state index contributed by atoms with van der Waals surface area (Å²) in [4.78, 5) is 33.4. The molecule has 0 unspecified atom stereocenters. The fraction of sp³-hybridized carbons (Fsp3) is 0.419. The summed E-state index contributed by atoms with van der Waals surface area (Å²) >= 11 is 0. The fourth-order valence-electron chi connectivity index (χ4n) is 5.61. The highest BCUT2D eigenvalue weighted by molar-refractivity contribution is 6.02. The maximum absolute atomic E-state index is 16.3. The number of carbonyl (C=O) groups excluding carboxylic acids is 1. The van der Waals surface area contributed by atoms with Crippen LogP contribution < -0.4 is 20.1 Å². The third-order valence-corrected chi connectivity index (χ3v) is 7.87. The molecule has 13 nitrogen and oxygen atoms in total. The van der Waals surface area contributed by atoms with Gasteiger partial charge < -0.3 is 19.5 Å². The number of nitrogens with one attached hydrogen (secondary N) is 1. The van der Waals surface area contributed by atoms with Crippen LogP contribution in [0.2, 0.25) is 0 Å². The minimum Gasteiger partial charge on any atom is -0.482 e. The van der Waals surface area contributed by atoms with Gasteiger partial charge in [-0.15, -0.1) is 0 Å². The molecule has 2 aliphatic rings. The quantitative estimate of drug-likeness (QED) is 0.334. The van der Waals surface area contributed by atoms with Crippen LogP contribution in [-0.2, 0) is 18.4 Å². The van der Waals surface area contributed by atoms with Crippen LogP contribution in [0.4, 0.5) is 20.7 Å². The third kappa shape index (κ3) is 5.02. The second-order valence-electron chi connectivity index (χ2n) is 12.1. The molecule has 0 atom stereocenters. The number of aromatic nitrogens is 5. The van der Waals surface area contributed by atoms with E-state index >= 15 is 4.39 Å². The Balaban J connectivity index is 1.65. The molecular weight excluding hydrogens is 583 g/mol. The maximum Gasteiger partial charge on any atom is 0.415 e. The van der Waals surface area contributed by atoms with Crippen LogP contribution in [0.1, 0.15) is 55.9 Å². The summed E-state index contributed by atoms with van der Waals surface area (Å²) in [6.07, 6.45) is 1.60. The summed E-state index contributed by atoms with van der Waals surface area (Å²) in [5, 5.41) is 30.6. The Morgan fingerprint density at radius 3 is 2.76 bits per heavy atom. The zero-order chi connectivity index (χ0) is 34.9. The van der Waals surface area contributed by atoms with E-state index in [4.69, 9.17) is 13.6 Å². The van der Waals surface area contributed by atoms with Gasteiger partial charge in [0, 0.05) is 41.7 Å². The number of nitriles is 1. The number of aliphatic hydroxyl groups excluding tert-OH is 1. The number of likely N-dealkylation sites (N-methyl/N-ethyl adjacent to an activating group) is 1. The Morgan fingerprint density at radius 2 is 2.13 bits per heavy atom. The first-order valence-electron chi connectivity index (χ1n) is 15.8. The molecule has 45 heavy (non-hydrogen) atoms. The smallest absolute Gasteiger partial charge is 0.415 e. The second-order valence-corrected chi connectivity index (χ2v) is 12.1. The lowest BCUT2D eigenvalue weighted by Gasteiger charge is -2.37. The fourth-order valence-corrected chi connectivity index (χ4v) is 5.61. The number of benzene rings is 1. The molecule has 1 saturated carbocycles. The van der Waals surface area contributed by atoms with Crippen molar-refractivity contribution < 1.29 is 27.9 Å². The van der Waals surface area contributed by atoms with Crippen LogP contribution in [0, 0.1) is 17.1 Å². The van der Waals surface area contributed by atoms with Crippen molar-refractivity contribution in [2.24, 2.45) is 7.05 Å². The van der Waals surface area contributed by atoms with Gasteiger partial charge in [0.15, 0.2) is 11.6 Å². The van der Waals surface area contributed by atoms with E-state index < -0.39 is 48.1 Å². The molecule has 0 saturated heterocycles. The van der Waals surface area contributed by atoms with Crippen LogP contribution in [-0.4, -0.2) is 67.4 Å². The summed E-state index contributed by atoms with van der Waals surface area (Å²) in [7, 11) is 1.53. The van der Waals surface area contributed by atoms with Gasteiger partial charge in [0.1, 0.15) is 28.7 Å². The summed E-state index contributed by atoms with van der Waals surface area (Å²) in [5.41, 5.74) is -2.12. The molecule has 1 aliphatic heterocycles. The lowest BCUT2D eigenvalue weighted by atomic mass is 9.96. The Morgan fingerprint density at radius 1 is 1.38 bits per heavy atom. The summed E-state index contributed by atoms with van der Waals surface area (Å²) in [6, 6.07) is 4.79. The largest absolute Gasteiger partial charge is 0.482 e. The predicted octanol–water partition coefficient (Wildman–Crippen LogP) is 4.01. The Kier molecular flexibility index (Phi) is 6.19. The van der Waals surface area contributed by atoms with Crippen molar-refractivity contribution >= 4 is 28.4 Å². The normalized spacial score (nSPS) is 16.3. The number of rotatable bonds is 5. The number of hydrogen-bond acceptors (Lipinski definition) is 10. The molecule has 4 heterocycles. The van der Waals surface area contributed by atoms with Gasteiger partial charge in [0.25, 0.3) is 5.56 Å². The minimum atomic E-state index is -3.20. The first-order chi connectivity index (χ1) is 22.5. The molecule has 234 valence electrons. The van der Waals surface area contributed by atoms with Crippen LogP contribution in [0.25, 0.3) is 33.3 Å². The highest BCUT2D eigenvalue weighted by Gasteiger charge is 2.51. The lowest BCUT2D eigenvalue weighted by molar-refractivity contribution is 0.0588. The van der Waals surface area contributed by atoms with Crippen molar-refractivity contribution in [3.05, 3.63) is 45.8 Å². The maximum atomic E-state index is 16.3. The molecule has 1 spiro atoms. The standard InChI is InChI=1S/C31H33FN8O5/c1-7-40-15-31(8-9-31)44-26-17(12-33)23(19(32)11-22(26)40)25-18(13-34-39(25)6)20-10-16-21(14-41)36-37-28(42)24(16)27(35-20)38(5)29(43)45-30(2,3)4/h10-11,13,41H,7-9,14-15H2,1-6H3,(H,37,42)/i5D3. The average Bonchev–Trinajstić information content (AvgIpc) is 3.63. The number of aryl methyl sites for hydroxylation is 1. The monoisotopic (exact) mass is 619 g/mol. The predicted molar refractivity (Wildman–Crippen MR) is 164 cm³/mol. The van der Waals surface area contributed by atoms with E-state index in [1.807, 2.05) is 11.8 Å². The molecule has 0 bridgehead atoms. The number of nitrogens with zero attached hydrogens (tertiary/aromatic N) is 7. The Hall–Kier alpha value is -5.03. The first kappa shape index (κ1) is 26.4. The molecule has 14 heteroatoms. The molecule has 0 radical (unpaired) electrons. The SMILES string of the molecule is [2H]C([2H])([2H])N(C(=O)OC(C)(C)C)c1nc(-c2cnn(C)c2-c2c(F)cc3c(c2C#N)OC2(CC2)CN3CC)cc2c(CO)n[nH]c(=O)c12. The Labute approximate surface area is 262 Å². The topological polar surface area (TPSA) is 162 Å². The van der Waals surface area contributed by atoms with Crippen molar-refractivity contribution in [2.45, 2.75) is 58.3 Å². The highest BCUT2D eigenvalue weighted by Crippen LogP contribution is 2.52. The highest BCUT2D eigenvalue weighted by atomic mass is 19.1. The number of H-pyrrole nitrogens is 1. The van der Waals surface area contributed by atoms with Gasteiger partial charge in [0.2, 0.25) is 0 Å². The van der Waals surface area contributed by atoms with Crippen molar-refractivity contribution in [3.8, 4) is 34.3 Å². The number of amides is 1. The molecule has 1 aliphatic carbocycles. The molecule has 2 N–H and O–H groups in total. The number of hydrogen-bond donors (Lipinski definition) is 2. The molecular formula is C31H33FN8O5. The van der Waals surface area contributed by atoms with E-state index in [0.717, 1.165) is 12.8 Å². The van der Waals surface area contributed by atoms with Crippen LogP contribution in [0.3, 0.4) is 0 Å². The molecule has 1 amide bonds. The van der Waals surface area contributed by atoms with E-state index in [1.54, 1.807) is 20.8 Å². The van der Waals surface area contributed by atoms with Gasteiger partial charge in [-0.2, -0.15) is 15.5 Å². The zero-order valence-electron chi connectivity index (χ0n) is 28.4. The summed E-state index contributed by atoms with van der Waals surface area (Å²) in [5.74, 6) is -1.11. The van der Waals surface area contributed by atoms with E-state index in [9.17, 15) is 20.0 Å². The van der Waals surface area contributed by atoms with Gasteiger partial charge in [-0.3, -0.25) is 14.4 Å². The number of ether oxygens (including phenoxy) is 2. The van der Waals surface area contributed by atoms with Crippen LogP contribution in [0.15, 0.2) is 23.1 Å². The van der Waals surface area contributed by atoms with Crippen molar-refractivity contribution in [2.75, 3.05) is 29.9 Å². The van der Waals surface area contributed by atoms with Gasteiger partial charge in [-0.1, -0.05) is 0 Å². The number of aromatic amines is 1. The second kappa shape index (κ2) is 10.6.